The molecule has 27 heavy (non-hydrogen) atoms. The summed E-state index contributed by atoms with van der Waals surface area (Å²) in [7, 11) is 0. The number of aromatic nitrogens is 1. The predicted molar refractivity (Wildman–Crippen MR) is 107 cm³/mol. The van der Waals surface area contributed by atoms with Crippen molar-refractivity contribution in [2.45, 2.75) is 52.7 Å². The van der Waals surface area contributed by atoms with Gasteiger partial charge in [-0.3, -0.25) is 4.79 Å². The van der Waals surface area contributed by atoms with Crippen molar-refractivity contribution in [1.29, 1.82) is 0 Å². The molecule has 5 heteroatoms. The van der Waals surface area contributed by atoms with Crippen LogP contribution in [0.15, 0.2) is 36.5 Å². The Morgan fingerprint density at radius 3 is 2.67 bits per heavy atom. The average Bonchev–Trinajstić information content (AvgIpc) is 2.96. The van der Waals surface area contributed by atoms with Crippen molar-refractivity contribution in [2.24, 2.45) is 11.3 Å². The molecule has 0 saturated heterocycles. The molecule has 1 heterocycles. The van der Waals surface area contributed by atoms with Crippen molar-refractivity contribution in [3.05, 3.63) is 58.4 Å². The van der Waals surface area contributed by atoms with E-state index >= 15 is 0 Å². The Balaban J connectivity index is 1.54. The van der Waals surface area contributed by atoms with Gasteiger partial charge in [0.15, 0.2) is 0 Å². The largest absolute Gasteiger partial charge is 0.459 e. The Hall–Kier alpha value is -1.78. The zero-order chi connectivity index (χ0) is 19.4. The molecule has 1 aliphatic carbocycles. The summed E-state index contributed by atoms with van der Waals surface area (Å²) in [6.45, 7) is 7.22. The highest BCUT2D eigenvalue weighted by molar-refractivity contribution is 6.30. The molecule has 2 unspecified atom stereocenters. The van der Waals surface area contributed by atoms with E-state index in [1.165, 1.54) is 5.56 Å². The summed E-state index contributed by atoms with van der Waals surface area (Å²) in [5, 5.41) is 0.727. The number of rotatable bonds is 9. The minimum absolute atomic E-state index is 0.0336. The zero-order valence-corrected chi connectivity index (χ0v) is 17.0. The maximum Gasteiger partial charge on any atom is 0.312 e. The summed E-state index contributed by atoms with van der Waals surface area (Å²) in [6, 6.07) is 9.82. The minimum Gasteiger partial charge on any atom is -0.459 e. The van der Waals surface area contributed by atoms with Crippen LogP contribution in [0.25, 0.3) is 0 Å². The molecule has 1 N–H and O–H groups in total. The van der Waals surface area contributed by atoms with E-state index in [9.17, 15) is 4.79 Å². The van der Waals surface area contributed by atoms with Crippen LogP contribution < -0.4 is 0 Å². The fraction of sp³-hybridized carbons (Fsp3) is 0.500. The van der Waals surface area contributed by atoms with Gasteiger partial charge in [-0.25, -0.2) is 0 Å². The Bertz CT molecular complexity index is 766. The van der Waals surface area contributed by atoms with Crippen molar-refractivity contribution in [2.75, 3.05) is 6.61 Å². The van der Waals surface area contributed by atoms with Crippen LogP contribution in [0.1, 0.15) is 50.4 Å². The molecule has 0 radical (unpaired) electrons. The molecule has 0 amide bonds. The normalized spacial score (nSPS) is 20.4. The van der Waals surface area contributed by atoms with Crippen LogP contribution in [0, 0.1) is 11.3 Å². The number of hydrogen-bond donors (Lipinski definition) is 1. The monoisotopic (exact) mass is 389 g/mol. The Morgan fingerprint density at radius 1 is 1.22 bits per heavy atom. The molecule has 2 atom stereocenters. The summed E-state index contributed by atoms with van der Waals surface area (Å²) in [6.07, 6.45) is 4.72. The van der Waals surface area contributed by atoms with E-state index in [1.54, 1.807) is 0 Å². The number of carbonyl (C=O) groups excluding carboxylic acids is 1. The van der Waals surface area contributed by atoms with E-state index in [2.05, 4.69) is 25.8 Å². The van der Waals surface area contributed by atoms with Crippen LogP contribution in [0.4, 0.5) is 0 Å². The summed E-state index contributed by atoms with van der Waals surface area (Å²) in [5.41, 5.74) is 3.07. The highest BCUT2D eigenvalue weighted by atomic mass is 35.5. The molecule has 3 rings (SSSR count). The number of carbonyl (C=O) groups is 1. The van der Waals surface area contributed by atoms with Crippen molar-refractivity contribution in [1.82, 2.24) is 4.98 Å². The van der Waals surface area contributed by atoms with Gasteiger partial charge in [-0.05, 0) is 42.2 Å². The number of nitrogens with one attached hydrogen (secondary N) is 1. The summed E-state index contributed by atoms with van der Waals surface area (Å²) < 4.78 is 11.5. The lowest BCUT2D eigenvalue weighted by atomic mass is 10.1. The van der Waals surface area contributed by atoms with E-state index in [0.717, 1.165) is 35.5 Å². The molecule has 2 aromatic rings. The summed E-state index contributed by atoms with van der Waals surface area (Å²) >= 11 is 5.95. The molecule has 1 aromatic carbocycles. The van der Waals surface area contributed by atoms with E-state index in [-0.39, 0.29) is 30.0 Å². The second-order valence-corrected chi connectivity index (χ2v) is 8.27. The third-order valence-electron chi connectivity index (χ3n) is 5.37. The van der Waals surface area contributed by atoms with E-state index in [4.69, 9.17) is 21.1 Å². The standard InChI is InChI=1S/C22H28ClNO3/c1-4-5-12-26-20-19(22(20,2)3)21(25)27-14-18-16(10-11-24-18)13-15-6-8-17(23)9-7-15/h6-11,19-20,24H,4-5,12-14H2,1-3H3. The van der Waals surface area contributed by atoms with Gasteiger partial charge >= 0.3 is 5.97 Å². The number of ether oxygens (including phenoxy) is 2. The number of benzene rings is 1. The molecule has 1 aromatic heterocycles. The van der Waals surface area contributed by atoms with Crippen LogP contribution in [-0.4, -0.2) is 23.7 Å². The lowest BCUT2D eigenvalue weighted by Gasteiger charge is -2.07. The summed E-state index contributed by atoms with van der Waals surface area (Å²) in [4.78, 5) is 15.7. The molecule has 0 aliphatic heterocycles. The van der Waals surface area contributed by atoms with Crippen LogP contribution in [0.5, 0.6) is 0 Å². The van der Waals surface area contributed by atoms with Crippen LogP contribution in [0.2, 0.25) is 5.02 Å². The van der Waals surface area contributed by atoms with Crippen molar-refractivity contribution in [3.63, 3.8) is 0 Å². The van der Waals surface area contributed by atoms with Gasteiger partial charge in [0.2, 0.25) is 0 Å². The van der Waals surface area contributed by atoms with Gasteiger partial charge in [0.05, 0.1) is 17.7 Å². The Morgan fingerprint density at radius 2 is 1.96 bits per heavy atom. The highest BCUT2D eigenvalue weighted by Crippen LogP contribution is 2.54. The third kappa shape index (κ3) is 4.74. The molecule has 0 spiro atoms. The van der Waals surface area contributed by atoms with Crippen molar-refractivity contribution in [3.8, 4) is 0 Å². The van der Waals surface area contributed by atoms with Crippen LogP contribution >= 0.6 is 11.6 Å². The number of hydrogen-bond acceptors (Lipinski definition) is 3. The first-order valence-electron chi connectivity index (χ1n) is 9.61. The SMILES string of the molecule is CCCCOC1C(C(=O)OCc2[nH]ccc2Cc2ccc(Cl)cc2)C1(C)C. The van der Waals surface area contributed by atoms with E-state index in [1.807, 2.05) is 36.5 Å². The van der Waals surface area contributed by atoms with Crippen LogP contribution in [0.3, 0.4) is 0 Å². The Labute approximate surface area is 166 Å². The number of unbranched alkanes of at least 4 members (excludes halogenated alkanes) is 1. The van der Waals surface area contributed by atoms with Gasteiger partial charge in [0.1, 0.15) is 6.61 Å². The first-order valence-corrected chi connectivity index (χ1v) is 9.99. The zero-order valence-electron chi connectivity index (χ0n) is 16.3. The minimum atomic E-state index is -0.177. The molecule has 1 fully saturated rings. The fourth-order valence-corrected chi connectivity index (χ4v) is 3.60. The van der Waals surface area contributed by atoms with Crippen molar-refractivity contribution >= 4 is 17.6 Å². The van der Waals surface area contributed by atoms with Gasteiger partial charge in [-0.1, -0.05) is 50.9 Å². The number of esters is 1. The number of halogens is 1. The quantitative estimate of drug-likeness (QED) is 0.477. The third-order valence-corrected chi connectivity index (χ3v) is 5.63. The molecular formula is C22H28ClNO3. The lowest BCUT2D eigenvalue weighted by Crippen LogP contribution is -2.12. The van der Waals surface area contributed by atoms with Crippen LogP contribution in [-0.2, 0) is 27.3 Å². The maximum absolute atomic E-state index is 12.5. The summed E-state index contributed by atoms with van der Waals surface area (Å²) in [5.74, 6) is -0.349. The van der Waals surface area contributed by atoms with Gasteiger partial charge in [-0.15, -0.1) is 0 Å². The van der Waals surface area contributed by atoms with Gasteiger partial charge in [0, 0.05) is 23.2 Å². The maximum atomic E-state index is 12.5. The smallest absolute Gasteiger partial charge is 0.312 e. The van der Waals surface area contributed by atoms with Gasteiger partial charge in [0.25, 0.3) is 0 Å². The highest BCUT2D eigenvalue weighted by Gasteiger charge is 2.64. The fourth-order valence-electron chi connectivity index (χ4n) is 3.48. The number of H-pyrrole nitrogens is 1. The first-order chi connectivity index (χ1) is 12.9. The molecule has 4 nitrogen and oxygen atoms in total. The predicted octanol–water partition coefficient (Wildman–Crippen LogP) is 5.14. The Kier molecular flexibility index (Phi) is 6.28. The average molecular weight is 390 g/mol. The molecular weight excluding hydrogens is 362 g/mol. The van der Waals surface area contributed by atoms with Crippen molar-refractivity contribution < 1.29 is 14.3 Å². The second kappa shape index (κ2) is 8.49. The molecule has 146 valence electrons. The molecule has 0 bridgehead atoms. The van der Waals surface area contributed by atoms with E-state index in [0.29, 0.717) is 6.61 Å². The topological polar surface area (TPSA) is 51.3 Å². The first kappa shape index (κ1) is 20.0. The van der Waals surface area contributed by atoms with Gasteiger partial charge < -0.3 is 14.5 Å². The number of aromatic amines is 1. The molecule has 1 saturated carbocycles. The van der Waals surface area contributed by atoms with E-state index < -0.39 is 0 Å². The van der Waals surface area contributed by atoms with Gasteiger partial charge in [-0.2, -0.15) is 0 Å². The second-order valence-electron chi connectivity index (χ2n) is 7.84. The lowest BCUT2D eigenvalue weighted by molar-refractivity contribution is -0.148. The molecule has 1 aliphatic rings.